The quantitative estimate of drug-likeness (QED) is 0.456. The zero-order valence-corrected chi connectivity index (χ0v) is 5.01. The summed E-state index contributed by atoms with van der Waals surface area (Å²) >= 11 is 0. The van der Waals surface area contributed by atoms with Crippen molar-refractivity contribution in [2.75, 3.05) is 0 Å². The lowest BCUT2D eigenvalue weighted by atomic mass is 10.3. The van der Waals surface area contributed by atoms with Crippen molar-refractivity contribution in [3.8, 4) is 0 Å². The predicted molar refractivity (Wildman–Crippen MR) is 25.5 cm³/mol. The fourth-order valence-corrected chi connectivity index (χ4v) is 0.195. The van der Waals surface area contributed by atoms with Gasteiger partial charge in [-0.05, 0) is 13.8 Å². The van der Waals surface area contributed by atoms with Gasteiger partial charge in [-0.1, -0.05) is 0 Å². The van der Waals surface area contributed by atoms with Crippen LogP contribution >= 0.6 is 0 Å². The minimum Gasteiger partial charge on any atom is -0.212 e. The first-order chi connectivity index (χ1) is 3.85. The SMILES string of the molecule is C/C(F)=C(/C)C(F)(F)F. The van der Waals surface area contributed by atoms with Gasteiger partial charge in [0.1, 0.15) is 5.83 Å². The van der Waals surface area contributed by atoms with E-state index in [1.807, 2.05) is 0 Å². The van der Waals surface area contributed by atoms with Gasteiger partial charge in [0.05, 0.1) is 5.57 Å². The van der Waals surface area contributed by atoms with Crippen LogP contribution < -0.4 is 0 Å². The molecular formula is C5H6F4. The molecule has 0 spiro atoms. The number of hydrogen-bond donors (Lipinski definition) is 0. The maximum atomic E-state index is 11.8. The van der Waals surface area contributed by atoms with Crippen molar-refractivity contribution < 1.29 is 17.6 Å². The first-order valence-electron chi connectivity index (χ1n) is 2.26. The highest BCUT2D eigenvalue weighted by molar-refractivity contribution is 5.08. The van der Waals surface area contributed by atoms with Crippen LogP contribution in [0.2, 0.25) is 0 Å². The van der Waals surface area contributed by atoms with E-state index in [9.17, 15) is 17.6 Å². The molecule has 0 heterocycles. The lowest BCUT2D eigenvalue weighted by Crippen LogP contribution is -2.09. The Morgan fingerprint density at radius 3 is 1.44 bits per heavy atom. The average Bonchev–Trinajstić information content (AvgIpc) is 1.62. The van der Waals surface area contributed by atoms with Crippen molar-refractivity contribution >= 4 is 0 Å². The molecule has 0 aromatic heterocycles. The van der Waals surface area contributed by atoms with E-state index >= 15 is 0 Å². The van der Waals surface area contributed by atoms with Crippen LogP contribution in [0, 0.1) is 0 Å². The van der Waals surface area contributed by atoms with Crippen molar-refractivity contribution in [3.63, 3.8) is 0 Å². The summed E-state index contributed by atoms with van der Waals surface area (Å²) in [6, 6.07) is 0. The molecular weight excluding hydrogens is 136 g/mol. The average molecular weight is 142 g/mol. The monoisotopic (exact) mass is 142 g/mol. The Labute approximate surface area is 50.2 Å². The number of alkyl halides is 3. The van der Waals surface area contributed by atoms with E-state index in [1.165, 1.54) is 0 Å². The maximum Gasteiger partial charge on any atom is 0.414 e. The summed E-state index contributed by atoms with van der Waals surface area (Å²) in [5.74, 6) is -1.18. The standard InChI is InChI=1S/C5H6F4/c1-3(4(2)6)5(7,8)9/h1-2H3/b4-3+. The highest BCUT2D eigenvalue weighted by atomic mass is 19.4. The normalized spacial score (nSPS) is 15.3. The van der Waals surface area contributed by atoms with Gasteiger partial charge in [0, 0.05) is 0 Å². The Kier molecular flexibility index (Phi) is 2.23. The first-order valence-corrected chi connectivity index (χ1v) is 2.26. The Hall–Kier alpha value is -0.540. The largest absolute Gasteiger partial charge is 0.414 e. The van der Waals surface area contributed by atoms with E-state index in [4.69, 9.17) is 0 Å². The molecule has 0 N–H and O–H groups in total. The Bertz CT molecular complexity index is 126. The Morgan fingerprint density at radius 1 is 1.11 bits per heavy atom. The molecule has 9 heavy (non-hydrogen) atoms. The van der Waals surface area contributed by atoms with Crippen LogP contribution in [0.4, 0.5) is 17.6 Å². The van der Waals surface area contributed by atoms with Crippen molar-refractivity contribution in [1.82, 2.24) is 0 Å². The molecule has 0 atom stereocenters. The molecule has 0 aliphatic carbocycles. The molecule has 0 fully saturated rings. The fraction of sp³-hybridized carbons (Fsp3) is 0.600. The van der Waals surface area contributed by atoms with E-state index in [2.05, 4.69) is 0 Å². The fourth-order valence-electron chi connectivity index (χ4n) is 0.195. The van der Waals surface area contributed by atoms with Crippen LogP contribution in [0.25, 0.3) is 0 Å². The molecule has 0 unspecified atom stereocenters. The summed E-state index contributed by atoms with van der Waals surface area (Å²) in [5, 5.41) is 0. The van der Waals surface area contributed by atoms with Gasteiger partial charge in [-0.15, -0.1) is 0 Å². The molecule has 0 saturated heterocycles. The smallest absolute Gasteiger partial charge is 0.212 e. The van der Waals surface area contributed by atoms with Crippen molar-refractivity contribution in [2.24, 2.45) is 0 Å². The lowest BCUT2D eigenvalue weighted by molar-refractivity contribution is -0.0931. The molecule has 0 saturated carbocycles. The van der Waals surface area contributed by atoms with E-state index in [0.717, 1.165) is 6.92 Å². The third-order valence-electron chi connectivity index (χ3n) is 0.942. The van der Waals surface area contributed by atoms with E-state index < -0.39 is 17.6 Å². The van der Waals surface area contributed by atoms with Crippen molar-refractivity contribution in [1.29, 1.82) is 0 Å². The predicted octanol–water partition coefficient (Wildman–Crippen LogP) is 2.81. The molecule has 0 aromatic rings. The van der Waals surface area contributed by atoms with E-state index in [0.29, 0.717) is 6.92 Å². The molecule has 0 aromatic carbocycles. The third kappa shape index (κ3) is 2.49. The Morgan fingerprint density at radius 2 is 1.44 bits per heavy atom. The summed E-state index contributed by atoms with van der Waals surface area (Å²) in [6.07, 6.45) is -4.52. The molecule has 0 nitrogen and oxygen atoms in total. The number of allylic oxidation sites excluding steroid dienone is 2. The number of hydrogen-bond acceptors (Lipinski definition) is 0. The molecule has 0 amide bonds. The van der Waals surface area contributed by atoms with Gasteiger partial charge in [-0.25, -0.2) is 4.39 Å². The van der Waals surface area contributed by atoms with Crippen molar-refractivity contribution in [2.45, 2.75) is 20.0 Å². The summed E-state index contributed by atoms with van der Waals surface area (Å²) < 4.78 is 46.0. The van der Waals surface area contributed by atoms with Gasteiger partial charge in [-0.3, -0.25) is 0 Å². The molecule has 0 rings (SSSR count). The lowest BCUT2D eigenvalue weighted by Gasteiger charge is -2.04. The minimum atomic E-state index is -4.52. The summed E-state index contributed by atoms with van der Waals surface area (Å²) in [5.41, 5.74) is -1.16. The zero-order chi connectivity index (χ0) is 7.65. The van der Waals surface area contributed by atoms with Gasteiger partial charge < -0.3 is 0 Å². The second-order valence-electron chi connectivity index (χ2n) is 1.66. The third-order valence-corrected chi connectivity index (χ3v) is 0.942. The Balaban J connectivity index is 4.40. The van der Waals surface area contributed by atoms with Gasteiger partial charge in [-0.2, -0.15) is 13.2 Å². The van der Waals surface area contributed by atoms with Crippen LogP contribution in [0.5, 0.6) is 0 Å². The zero-order valence-electron chi connectivity index (χ0n) is 5.01. The summed E-state index contributed by atoms with van der Waals surface area (Å²) in [6.45, 7) is 1.48. The van der Waals surface area contributed by atoms with Crippen LogP contribution in [0.3, 0.4) is 0 Å². The topological polar surface area (TPSA) is 0 Å². The van der Waals surface area contributed by atoms with Gasteiger partial charge in [0.15, 0.2) is 0 Å². The van der Waals surface area contributed by atoms with Crippen molar-refractivity contribution in [3.05, 3.63) is 11.4 Å². The van der Waals surface area contributed by atoms with Gasteiger partial charge >= 0.3 is 6.18 Å². The number of halogens is 4. The molecule has 0 bridgehead atoms. The maximum absolute atomic E-state index is 11.8. The van der Waals surface area contributed by atoms with E-state index in [-0.39, 0.29) is 0 Å². The molecule has 54 valence electrons. The van der Waals surface area contributed by atoms with E-state index in [1.54, 1.807) is 0 Å². The van der Waals surface area contributed by atoms with Crippen LogP contribution in [-0.4, -0.2) is 6.18 Å². The second kappa shape index (κ2) is 2.37. The van der Waals surface area contributed by atoms with Crippen LogP contribution in [-0.2, 0) is 0 Å². The number of rotatable bonds is 0. The second-order valence-corrected chi connectivity index (χ2v) is 1.66. The highest BCUT2D eigenvalue weighted by Gasteiger charge is 2.31. The van der Waals surface area contributed by atoms with Gasteiger partial charge in [0.2, 0.25) is 0 Å². The minimum absolute atomic E-state index is 0.704. The van der Waals surface area contributed by atoms with Crippen LogP contribution in [0.15, 0.2) is 11.4 Å². The summed E-state index contributed by atoms with van der Waals surface area (Å²) in [4.78, 5) is 0. The molecule has 4 heteroatoms. The van der Waals surface area contributed by atoms with Gasteiger partial charge in [0.25, 0.3) is 0 Å². The molecule has 0 radical (unpaired) electrons. The van der Waals surface area contributed by atoms with Crippen LogP contribution in [0.1, 0.15) is 13.8 Å². The first kappa shape index (κ1) is 8.46. The highest BCUT2D eigenvalue weighted by Crippen LogP contribution is 2.27. The molecule has 0 aliphatic rings. The summed E-state index contributed by atoms with van der Waals surface area (Å²) in [7, 11) is 0. The molecule has 0 aliphatic heterocycles.